The molecule has 0 aliphatic heterocycles. The first-order chi connectivity index (χ1) is 6.95. The summed E-state index contributed by atoms with van der Waals surface area (Å²) < 4.78 is 9.90. The lowest BCUT2D eigenvalue weighted by Gasteiger charge is -2.22. The maximum atomic E-state index is 11.3. The van der Waals surface area contributed by atoms with E-state index in [0.717, 1.165) is 0 Å². The quantitative estimate of drug-likeness (QED) is 0.581. The summed E-state index contributed by atoms with van der Waals surface area (Å²) in [7, 11) is 1.29. The smallest absolute Gasteiger partial charge is 0.349 e. The summed E-state index contributed by atoms with van der Waals surface area (Å²) in [4.78, 5) is 18.8. The van der Waals surface area contributed by atoms with Crippen molar-refractivity contribution in [3.8, 4) is 5.88 Å². The zero-order valence-corrected chi connectivity index (χ0v) is 9.41. The predicted molar refractivity (Wildman–Crippen MR) is 53.8 cm³/mol. The van der Waals surface area contributed by atoms with Gasteiger partial charge in [-0.15, -0.1) is 0 Å². The molecule has 0 radical (unpaired) electrons. The summed E-state index contributed by atoms with van der Waals surface area (Å²) in [5, 5.41) is 0.251. The lowest BCUT2D eigenvalue weighted by Crippen LogP contribution is -2.39. The molecule has 1 rings (SSSR count). The molecule has 0 fully saturated rings. The Kier molecular flexibility index (Phi) is 3.47. The number of hydrogen-bond donors (Lipinski definition) is 0. The van der Waals surface area contributed by atoms with Crippen molar-refractivity contribution in [3.05, 3.63) is 17.5 Å². The van der Waals surface area contributed by atoms with Crippen molar-refractivity contribution in [2.24, 2.45) is 0 Å². The Labute approximate surface area is 92.4 Å². The SMILES string of the molecule is COC(=O)C(C)(C)Oc1cc(Cl)ncn1. The molecule has 15 heavy (non-hydrogen) atoms. The lowest BCUT2D eigenvalue weighted by molar-refractivity contribution is -0.156. The van der Waals surface area contributed by atoms with Gasteiger partial charge in [0, 0.05) is 6.07 Å². The number of rotatable bonds is 3. The van der Waals surface area contributed by atoms with Crippen LogP contribution in [0.2, 0.25) is 5.15 Å². The van der Waals surface area contributed by atoms with Crippen LogP contribution in [0.15, 0.2) is 12.4 Å². The molecule has 1 aromatic heterocycles. The average Bonchev–Trinajstić information content (AvgIpc) is 2.15. The van der Waals surface area contributed by atoms with Crippen molar-refractivity contribution in [2.75, 3.05) is 7.11 Å². The van der Waals surface area contributed by atoms with Gasteiger partial charge in [-0.25, -0.2) is 14.8 Å². The first-order valence-corrected chi connectivity index (χ1v) is 4.58. The highest BCUT2D eigenvalue weighted by Crippen LogP contribution is 2.18. The van der Waals surface area contributed by atoms with Crippen LogP contribution in [0.25, 0.3) is 0 Å². The second kappa shape index (κ2) is 4.44. The van der Waals surface area contributed by atoms with Crippen molar-refractivity contribution in [3.63, 3.8) is 0 Å². The second-order valence-corrected chi connectivity index (χ2v) is 3.67. The topological polar surface area (TPSA) is 61.3 Å². The standard InChI is InChI=1S/C9H11ClN2O3/c1-9(2,8(13)14-3)15-7-4-6(10)11-5-12-7/h4-5H,1-3H3. The molecule has 1 heterocycles. The molecular weight excluding hydrogens is 220 g/mol. The highest BCUT2D eigenvalue weighted by atomic mass is 35.5. The van der Waals surface area contributed by atoms with E-state index >= 15 is 0 Å². The van der Waals surface area contributed by atoms with Crippen LogP contribution in [0.3, 0.4) is 0 Å². The van der Waals surface area contributed by atoms with E-state index < -0.39 is 11.6 Å². The Morgan fingerprint density at radius 2 is 2.13 bits per heavy atom. The number of carbonyl (C=O) groups excluding carboxylic acids is 1. The maximum Gasteiger partial charge on any atom is 0.349 e. The highest BCUT2D eigenvalue weighted by Gasteiger charge is 2.31. The molecule has 0 N–H and O–H groups in total. The van der Waals surface area contributed by atoms with E-state index in [1.54, 1.807) is 13.8 Å². The van der Waals surface area contributed by atoms with E-state index in [2.05, 4.69) is 14.7 Å². The lowest BCUT2D eigenvalue weighted by atomic mass is 10.1. The number of ether oxygens (including phenoxy) is 2. The van der Waals surface area contributed by atoms with Crippen LogP contribution in [-0.2, 0) is 9.53 Å². The maximum absolute atomic E-state index is 11.3. The predicted octanol–water partition coefficient (Wildman–Crippen LogP) is 1.46. The second-order valence-electron chi connectivity index (χ2n) is 3.28. The van der Waals surface area contributed by atoms with Crippen molar-refractivity contribution in [1.29, 1.82) is 0 Å². The number of nitrogens with zero attached hydrogens (tertiary/aromatic N) is 2. The van der Waals surface area contributed by atoms with E-state index in [1.807, 2.05) is 0 Å². The van der Waals surface area contributed by atoms with Gasteiger partial charge < -0.3 is 9.47 Å². The van der Waals surface area contributed by atoms with Gasteiger partial charge in [-0.3, -0.25) is 0 Å². The van der Waals surface area contributed by atoms with Crippen LogP contribution in [0.5, 0.6) is 5.88 Å². The number of halogens is 1. The van der Waals surface area contributed by atoms with Gasteiger partial charge in [-0.2, -0.15) is 0 Å². The fourth-order valence-electron chi connectivity index (χ4n) is 0.922. The fraction of sp³-hybridized carbons (Fsp3) is 0.444. The monoisotopic (exact) mass is 230 g/mol. The van der Waals surface area contributed by atoms with E-state index in [-0.39, 0.29) is 11.0 Å². The van der Waals surface area contributed by atoms with Gasteiger partial charge in [0.05, 0.1) is 7.11 Å². The molecule has 0 aliphatic rings. The number of carbonyl (C=O) groups is 1. The molecule has 1 aromatic rings. The molecule has 0 bridgehead atoms. The fourth-order valence-corrected chi connectivity index (χ4v) is 1.06. The average molecular weight is 231 g/mol. The molecule has 0 spiro atoms. The molecule has 6 heteroatoms. The third kappa shape index (κ3) is 3.06. The molecule has 82 valence electrons. The molecule has 0 aliphatic carbocycles. The number of aromatic nitrogens is 2. The van der Waals surface area contributed by atoms with Crippen LogP contribution in [0.1, 0.15) is 13.8 Å². The van der Waals surface area contributed by atoms with Crippen LogP contribution in [0, 0.1) is 0 Å². The number of esters is 1. The van der Waals surface area contributed by atoms with Gasteiger partial charge in [0.1, 0.15) is 11.5 Å². The summed E-state index contributed by atoms with van der Waals surface area (Å²) >= 11 is 5.64. The first-order valence-electron chi connectivity index (χ1n) is 4.20. The summed E-state index contributed by atoms with van der Waals surface area (Å²) in [6, 6.07) is 1.42. The van der Waals surface area contributed by atoms with Crippen molar-refractivity contribution >= 4 is 17.6 Å². The van der Waals surface area contributed by atoms with Crippen molar-refractivity contribution in [2.45, 2.75) is 19.4 Å². The molecule has 0 unspecified atom stereocenters. The Hall–Kier alpha value is -1.36. The third-order valence-electron chi connectivity index (χ3n) is 1.65. The van der Waals surface area contributed by atoms with Gasteiger partial charge in [0.2, 0.25) is 11.5 Å². The number of methoxy groups -OCH3 is 1. The molecule has 5 nitrogen and oxygen atoms in total. The summed E-state index contributed by atoms with van der Waals surface area (Å²) in [6.45, 7) is 3.16. The van der Waals surface area contributed by atoms with Gasteiger partial charge in [-0.05, 0) is 13.8 Å². The van der Waals surface area contributed by atoms with Gasteiger partial charge >= 0.3 is 5.97 Å². The van der Waals surface area contributed by atoms with Gasteiger partial charge in [0.25, 0.3) is 0 Å². The Bertz CT molecular complexity index is 368. The molecular formula is C9H11ClN2O3. The Balaban J connectivity index is 2.81. The van der Waals surface area contributed by atoms with Crippen LogP contribution in [0.4, 0.5) is 0 Å². The Morgan fingerprint density at radius 1 is 1.47 bits per heavy atom. The van der Waals surface area contributed by atoms with Crippen LogP contribution >= 0.6 is 11.6 Å². The minimum atomic E-state index is -1.10. The summed E-state index contributed by atoms with van der Waals surface area (Å²) in [5.74, 6) is -0.261. The molecule has 0 aromatic carbocycles. The minimum absolute atomic E-state index is 0.227. The van der Waals surface area contributed by atoms with E-state index in [9.17, 15) is 4.79 Å². The zero-order valence-electron chi connectivity index (χ0n) is 8.65. The molecule has 0 atom stereocenters. The molecule has 0 saturated carbocycles. The van der Waals surface area contributed by atoms with Gasteiger partial charge in [-0.1, -0.05) is 11.6 Å². The zero-order chi connectivity index (χ0) is 11.5. The number of hydrogen-bond acceptors (Lipinski definition) is 5. The van der Waals surface area contributed by atoms with Crippen molar-refractivity contribution in [1.82, 2.24) is 9.97 Å². The van der Waals surface area contributed by atoms with Crippen LogP contribution < -0.4 is 4.74 Å². The largest absolute Gasteiger partial charge is 0.466 e. The van der Waals surface area contributed by atoms with Crippen LogP contribution in [-0.4, -0.2) is 28.6 Å². The third-order valence-corrected chi connectivity index (χ3v) is 1.85. The van der Waals surface area contributed by atoms with Gasteiger partial charge in [0.15, 0.2) is 0 Å². The molecule has 0 amide bonds. The van der Waals surface area contributed by atoms with E-state index in [4.69, 9.17) is 16.3 Å². The normalized spacial score (nSPS) is 10.9. The summed E-state index contributed by atoms with van der Waals surface area (Å²) in [6.07, 6.45) is 1.25. The summed E-state index contributed by atoms with van der Waals surface area (Å²) in [5.41, 5.74) is -1.10. The van der Waals surface area contributed by atoms with E-state index in [0.29, 0.717) is 0 Å². The Morgan fingerprint density at radius 3 is 2.67 bits per heavy atom. The molecule has 0 saturated heterocycles. The minimum Gasteiger partial charge on any atom is -0.466 e. The van der Waals surface area contributed by atoms with Crippen molar-refractivity contribution < 1.29 is 14.3 Å². The first kappa shape index (κ1) is 11.7. The van der Waals surface area contributed by atoms with E-state index in [1.165, 1.54) is 19.5 Å². The highest BCUT2D eigenvalue weighted by molar-refractivity contribution is 6.29.